The van der Waals surface area contributed by atoms with Crippen LogP contribution in [0.2, 0.25) is 0 Å². The van der Waals surface area contributed by atoms with Gasteiger partial charge in [0.15, 0.2) is 5.78 Å². The molecule has 4 aliphatic rings. The summed E-state index contributed by atoms with van der Waals surface area (Å²) >= 11 is 0. The molecule has 1 aromatic carbocycles. The number of nitrogens with zero attached hydrogens (tertiary/aromatic N) is 2. The largest absolute Gasteiger partial charge is 0.494 e. The van der Waals surface area contributed by atoms with Crippen LogP contribution in [0.5, 0.6) is 5.75 Å². The summed E-state index contributed by atoms with van der Waals surface area (Å²) in [6.45, 7) is 7.32. The molecule has 3 aliphatic heterocycles. The summed E-state index contributed by atoms with van der Waals surface area (Å²) in [6.07, 6.45) is 6.19. The number of fused-ring (bicyclic) bond motifs is 2. The fourth-order valence-corrected chi connectivity index (χ4v) is 6.26. The monoisotopic (exact) mass is 596 g/mol. The molecule has 3 atom stereocenters. The lowest BCUT2D eigenvalue weighted by atomic mass is 9.90. The SMILES string of the molecule is CC1(CNC(=O)[C@@H]2CCCCOc3cccc(c3)C[C@H](N3CCCC3=O)C(=O)C[C@@H](CCN3CCOCC3)C(=O)N2)CC1. The van der Waals surface area contributed by atoms with Crippen molar-refractivity contribution in [3.63, 3.8) is 0 Å². The van der Waals surface area contributed by atoms with Gasteiger partial charge in [-0.2, -0.15) is 0 Å². The summed E-state index contributed by atoms with van der Waals surface area (Å²) in [5.74, 6) is -0.443. The molecule has 3 fully saturated rings. The Kier molecular flexibility index (Phi) is 10.7. The predicted octanol–water partition coefficient (Wildman–Crippen LogP) is 2.48. The number of carbonyl (C=O) groups is 4. The Balaban J connectivity index is 1.38. The highest BCUT2D eigenvalue weighted by Crippen LogP contribution is 2.44. The van der Waals surface area contributed by atoms with E-state index < -0.39 is 18.0 Å². The van der Waals surface area contributed by atoms with Gasteiger partial charge in [-0.25, -0.2) is 0 Å². The summed E-state index contributed by atoms with van der Waals surface area (Å²) in [5, 5.41) is 6.12. The van der Waals surface area contributed by atoms with Gasteiger partial charge in [-0.3, -0.25) is 24.1 Å². The number of amides is 3. The number of likely N-dealkylation sites (tertiary alicyclic amines) is 1. The van der Waals surface area contributed by atoms with E-state index in [4.69, 9.17) is 9.47 Å². The van der Waals surface area contributed by atoms with Crippen LogP contribution < -0.4 is 15.4 Å². The van der Waals surface area contributed by atoms with E-state index in [0.29, 0.717) is 71.6 Å². The van der Waals surface area contributed by atoms with Gasteiger partial charge in [-0.1, -0.05) is 19.1 Å². The highest BCUT2D eigenvalue weighted by atomic mass is 16.5. The number of ketones is 1. The zero-order chi connectivity index (χ0) is 30.2. The lowest BCUT2D eigenvalue weighted by Crippen LogP contribution is -2.51. The van der Waals surface area contributed by atoms with Crippen LogP contribution in [-0.4, -0.2) is 97.9 Å². The molecule has 10 nitrogen and oxygen atoms in total. The molecule has 3 amide bonds. The van der Waals surface area contributed by atoms with E-state index in [1.807, 2.05) is 24.3 Å². The fourth-order valence-electron chi connectivity index (χ4n) is 6.26. The number of Topliss-reactive ketones (excluding diaryl/α,β-unsaturated/α-hetero) is 1. The minimum absolute atomic E-state index is 0.0180. The lowest BCUT2D eigenvalue weighted by Gasteiger charge is -2.31. The van der Waals surface area contributed by atoms with Crippen molar-refractivity contribution in [3.05, 3.63) is 29.8 Å². The van der Waals surface area contributed by atoms with Crippen molar-refractivity contribution in [2.75, 3.05) is 52.5 Å². The molecular weight excluding hydrogens is 548 g/mol. The first kappa shape index (κ1) is 31.4. The number of carbonyl (C=O) groups excluding carboxylic acids is 4. The average Bonchev–Trinajstić information content (AvgIpc) is 3.60. The third kappa shape index (κ3) is 9.01. The number of hydrogen-bond donors (Lipinski definition) is 2. The van der Waals surface area contributed by atoms with Gasteiger partial charge in [0.2, 0.25) is 17.7 Å². The van der Waals surface area contributed by atoms with Crippen molar-refractivity contribution in [3.8, 4) is 5.75 Å². The molecule has 0 unspecified atom stereocenters. The second-order valence-corrected chi connectivity index (χ2v) is 13.1. The van der Waals surface area contributed by atoms with E-state index in [0.717, 1.165) is 50.1 Å². The van der Waals surface area contributed by atoms with Crippen LogP contribution in [0.4, 0.5) is 0 Å². The molecule has 5 rings (SSSR count). The van der Waals surface area contributed by atoms with Crippen LogP contribution in [0.1, 0.15) is 70.3 Å². The van der Waals surface area contributed by atoms with Crippen molar-refractivity contribution in [1.29, 1.82) is 0 Å². The molecule has 43 heavy (non-hydrogen) atoms. The number of rotatable bonds is 7. The van der Waals surface area contributed by atoms with Gasteiger partial charge in [0.05, 0.1) is 25.9 Å². The van der Waals surface area contributed by atoms with Crippen LogP contribution in [0.25, 0.3) is 0 Å². The van der Waals surface area contributed by atoms with E-state index in [1.165, 1.54) is 0 Å². The quantitative estimate of drug-likeness (QED) is 0.497. The smallest absolute Gasteiger partial charge is 0.242 e. The van der Waals surface area contributed by atoms with Gasteiger partial charge in [0.25, 0.3) is 0 Å². The van der Waals surface area contributed by atoms with Gasteiger partial charge in [0.1, 0.15) is 11.8 Å². The fraction of sp³-hybridized carbons (Fsp3) is 0.697. The minimum atomic E-state index is -0.678. The predicted molar refractivity (Wildman–Crippen MR) is 161 cm³/mol. The van der Waals surface area contributed by atoms with Crippen molar-refractivity contribution < 1.29 is 28.7 Å². The molecular formula is C33H48N4O6. The third-order valence-corrected chi connectivity index (χ3v) is 9.48. The summed E-state index contributed by atoms with van der Waals surface area (Å²) in [4.78, 5) is 58.1. The van der Waals surface area contributed by atoms with Gasteiger partial charge >= 0.3 is 0 Å². The standard InChI is InChI=1S/C33H48N4O6/c1-33(11-12-33)23-34-32(41)27-8-2-3-17-43-26-7-4-6-24(20-26)21-28(37-13-5-9-30(37)39)29(38)22-25(31(40)35-27)10-14-36-15-18-42-19-16-36/h4,6-7,20,25,27-28H,2-3,5,8-19,21-23H2,1H3,(H,34,41)(H,35,40)/t25-,27+,28+/m1/s1. The van der Waals surface area contributed by atoms with Gasteiger partial charge in [-0.05, 0) is 74.6 Å². The zero-order valence-electron chi connectivity index (χ0n) is 25.6. The molecule has 10 heteroatoms. The maximum atomic E-state index is 14.1. The second-order valence-electron chi connectivity index (χ2n) is 13.1. The highest BCUT2D eigenvalue weighted by molar-refractivity contribution is 5.94. The van der Waals surface area contributed by atoms with Crippen LogP contribution in [0.15, 0.2) is 24.3 Å². The first-order chi connectivity index (χ1) is 20.8. The van der Waals surface area contributed by atoms with Crippen molar-refractivity contribution in [2.24, 2.45) is 11.3 Å². The molecule has 1 aliphatic carbocycles. The Labute approximate surface area is 255 Å². The Bertz CT molecular complexity index is 1150. The Hall–Kier alpha value is -2.98. The number of ether oxygens (including phenoxy) is 2. The lowest BCUT2D eigenvalue weighted by molar-refractivity contribution is -0.138. The first-order valence-corrected chi connectivity index (χ1v) is 16.2. The summed E-state index contributed by atoms with van der Waals surface area (Å²) in [5.41, 5.74) is 1.08. The van der Waals surface area contributed by atoms with E-state index in [1.54, 1.807) is 4.90 Å². The molecule has 2 N–H and O–H groups in total. The molecule has 0 radical (unpaired) electrons. The molecule has 0 spiro atoms. The summed E-state index contributed by atoms with van der Waals surface area (Å²) in [7, 11) is 0. The van der Waals surface area contributed by atoms with E-state index in [2.05, 4.69) is 22.5 Å². The van der Waals surface area contributed by atoms with Crippen LogP contribution in [0, 0.1) is 11.3 Å². The Morgan fingerprint density at radius 2 is 1.86 bits per heavy atom. The Morgan fingerprint density at radius 3 is 2.60 bits per heavy atom. The van der Waals surface area contributed by atoms with Crippen molar-refractivity contribution in [2.45, 2.75) is 83.2 Å². The van der Waals surface area contributed by atoms with Crippen molar-refractivity contribution >= 4 is 23.5 Å². The molecule has 2 saturated heterocycles. The van der Waals surface area contributed by atoms with Crippen LogP contribution in [-0.2, 0) is 30.3 Å². The normalized spacial score (nSPS) is 27.3. The summed E-state index contributed by atoms with van der Waals surface area (Å²) < 4.78 is 11.5. The zero-order valence-corrected chi connectivity index (χ0v) is 25.6. The topological polar surface area (TPSA) is 117 Å². The number of hydrogen-bond acceptors (Lipinski definition) is 7. The van der Waals surface area contributed by atoms with Crippen LogP contribution >= 0.6 is 0 Å². The van der Waals surface area contributed by atoms with E-state index in [9.17, 15) is 19.2 Å². The molecule has 1 saturated carbocycles. The van der Waals surface area contributed by atoms with Crippen LogP contribution in [0.3, 0.4) is 0 Å². The first-order valence-electron chi connectivity index (χ1n) is 16.2. The molecule has 2 bridgehead atoms. The Morgan fingerprint density at radius 1 is 1.05 bits per heavy atom. The van der Waals surface area contributed by atoms with Gasteiger partial charge in [-0.15, -0.1) is 0 Å². The second kappa shape index (κ2) is 14.7. The minimum Gasteiger partial charge on any atom is -0.494 e. The van der Waals surface area contributed by atoms with E-state index >= 15 is 0 Å². The highest BCUT2D eigenvalue weighted by Gasteiger charge is 2.39. The maximum Gasteiger partial charge on any atom is 0.242 e. The number of nitrogens with one attached hydrogen (secondary N) is 2. The molecule has 0 aromatic heterocycles. The van der Waals surface area contributed by atoms with Gasteiger partial charge < -0.3 is 25.0 Å². The third-order valence-electron chi connectivity index (χ3n) is 9.48. The van der Waals surface area contributed by atoms with Crippen molar-refractivity contribution in [1.82, 2.24) is 20.4 Å². The molecule has 236 valence electrons. The summed E-state index contributed by atoms with van der Waals surface area (Å²) in [6, 6.07) is 6.41. The van der Waals surface area contributed by atoms with E-state index in [-0.39, 0.29) is 35.3 Å². The number of benzene rings is 1. The number of morpholine rings is 1. The average molecular weight is 597 g/mol. The van der Waals surface area contributed by atoms with Gasteiger partial charge in [0, 0.05) is 51.4 Å². The maximum absolute atomic E-state index is 14.1. The molecule has 1 aromatic rings. The molecule has 3 heterocycles.